The Hall–Kier alpha value is -0.290. The SMILES string of the molecule is NC1(CCCCCCCCCCCC[N+](=O)[O-])CCCS1. The van der Waals surface area contributed by atoms with E-state index in [-0.39, 0.29) is 16.3 Å². The van der Waals surface area contributed by atoms with Crippen LogP contribution >= 0.6 is 11.8 Å². The van der Waals surface area contributed by atoms with E-state index in [2.05, 4.69) is 0 Å². The minimum absolute atomic E-state index is 0.101. The Labute approximate surface area is 133 Å². The van der Waals surface area contributed by atoms with Crippen molar-refractivity contribution in [1.82, 2.24) is 0 Å². The van der Waals surface area contributed by atoms with Crippen molar-refractivity contribution in [2.75, 3.05) is 12.3 Å². The number of nitrogens with zero attached hydrogens (tertiary/aromatic N) is 1. The predicted molar refractivity (Wildman–Crippen MR) is 91.3 cm³/mol. The number of hydrogen-bond donors (Lipinski definition) is 1. The lowest BCUT2D eigenvalue weighted by atomic mass is 10.0. The van der Waals surface area contributed by atoms with E-state index in [1.807, 2.05) is 11.8 Å². The first-order valence-electron chi connectivity index (χ1n) is 8.67. The van der Waals surface area contributed by atoms with Crippen LogP contribution < -0.4 is 5.73 Å². The highest BCUT2D eigenvalue weighted by molar-refractivity contribution is 8.00. The minimum atomic E-state index is -0.213. The van der Waals surface area contributed by atoms with Crippen LogP contribution in [-0.4, -0.2) is 22.1 Å². The lowest BCUT2D eigenvalue weighted by molar-refractivity contribution is -0.480. The zero-order valence-electron chi connectivity index (χ0n) is 13.4. The Bertz CT molecular complexity index is 281. The van der Waals surface area contributed by atoms with Crippen LogP contribution in [0.15, 0.2) is 0 Å². The Morgan fingerprint density at radius 3 is 1.95 bits per heavy atom. The molecule has 1 atom stereocenters. The highest BCUT2D eigenvalue weighted by Crippen LogP contribution is 2.37. The molecule has 0 amide bonds. The summed E-state index contributed by atoms with van der Waals surface area (Å²) < 4.78 is 0. The molecule has 1 rings (SSSR count). The standard InChI is InChI=1S/C16H32N2O2S/c17-16(13-11-15-21-16)12-9-7-5-3-1-2-4-6-8-10-14-18(19)20/h1-15,17H2. The average molecular weight is 317 g/mol. The average Bonchev–Trinajstić information content (AvgIpc) is 2.87. The Kier molecular flexibility index (Phi) is 10.1. The second-order valence-corrected chi connectivity index (χ2v) is 7.87. The number of nitrogens with two attached hydrogens (primary N) is 1. The molecule has 1 unspecified atom stereocenters. The quantitative estimate of drug-likeness (QED) is 0.303. The predicted octanol–water partition coefficient (Wildman–Crippen LogP) is 4.74. The van der Waals surface area contributed by atoms with E-state index in [0.717, 1.165) is 19.3 Å². The normalized spacial score (nSPS) is 21.8. The topological polar surface area (TPSA) is 69.2 Å². The van der Waals surface area contributed by atoms with Crippen molar-refractivity contribution in [3.05, 3.63) is 10.1 Å². The molecule has 0 spiro atoms. The second kappa shape index (κ2) is 11.3. The molecule has 0 aliphatic carbocycles. The van der Waals surface area contributed by atoms with Gasteiger partial charge in [0.05, 0.1) is 4.87 Å². The van der Waals surface area contributed by atoms with E-state index < -0.39 is 0 Å². The third-order valence-corrected chi connectivity index (χ3v) is 5.80. The van der Waals surface area contributed by atoms with Crippen LogP contribution in [0, 0.1) is 10.1 Å². The largest absolute Gasteiger partial charge is 0.317 e. The van der Waals surface area contributed by atoms with Crippen LogP contribution in [0.5, 0.6) is 0 Å². The molecule has 0 radical (unpaired) electrons. The number of unbranched alkanes of at least 4 members (excludes halogenated alkanes) is 9. The van der Waals surface area contributed by atoms with Crippen LogP contribution in [0.25, 0.3) is 0 Å². The molecule has 1 aliphatic heterocycles. The molecule has 124 valence electrons. The maximum atomic E-state index is 10.2. The molecule has 0 saturated carbocycles. The Balaban J connectivity index is 1.75. The van der Waals surface area contributed by atoms with Gasteiger partial charge in [0, 0.05) is 11.3 Å². The molecule has 1 aliphatic rings. The summed E-state index contributed by atoms with van der Waals surface area (Å²) in [6.45, 7) is 0.140. The lowest BCUT2D eigenvalue weighted by Gasteiger charge is -2.22. The highest BCUT2D eigenvalue weighted by Gasteiger charge is 2.28. The molecular formula is C16H32N2O2S. The van der Waals surface area contributed by atoms with Gasteiger partial charge in [-0.2, -0.15) is 0 Å². The van der Waals surface area contributed by atoms with Crippen LogP contribution in [0.3, 0.4) is 0 Å². The monoisotopic (exact) mass is 316 g/mol. The van der Waals surface area contributed by atoms with Crippen molar-refractivity contribution in [3.8, 4) is 0 Å². The van der Waals surface area contributed by atoms with Gasteiger partial charge in [-0.05, 0) is 31.4 Å². The zero-order valence-corrected chi connectivity index (χ0v) is 14.2. The van der Waals surface area contributed by atoms with Crippen LogP contribution in [-0.2, 0) is 0 Å². The molecule has 1 fully saturated rings. The summed E-state index contributed by atoms with van der Waals surface area (Å²) in [6, 6.07) is 0. The Morgan fingerprint density at radius 1 is 0.952 bits per heavy atom. The van der Waals surface area contributed by atoms with Crippen molar-refractivity contribution in [1.29, 1.82) is 0 Å². The molecule has 5 heteroatoms. The van der Waals surface area contributed by atoms with Gasteiger partial charge >= 0.3 is 0 Å². The maximum absolute atomic E-state index is 10.2. The van der Waals surface area contributed by atoms with Gasteiger partial charge in [0.15, 0.2) is 0 Å². The van der Waals surface area contributed by atoms with Gasteiger partial charge in [-0.15, -0.1) is 11.8 Å². The Morgan fingerprint density at radius 2 is 1.48 bits per heavy atom. The lowest BCUT2D eigenvalue weighted by Crippen LogP contribution is -2.32. The molecule has 0 bridgehead atoms. The molecule has 0 aromatic rings. The third kappa shape index (κ3) is 10.1. The molecule has 21 heavy (non-hydrogen) atoms. The fraction of sp³-hybridized carbons (Fsp3) is 1.00. The minimum Gasteiger partial charge on any atom is -0.317 e. The molecule has 0 aromatic carbocycles. The van der Waals surface area contributed by atoms with Gasteiger partial charge in [0.1, 0.15) is 0 Å². The van der Waals surface area contributed by atoms with Crippen molar-refractivity contribution >= 4 is 11.8 Å². The first kappa shape index (κ1) is 18.8. The van der Waals surface area contributed by atoms with E-state index in [1.54, 1.807) is 0 Å². The van der Waals surface area contributed by atoms with Crippen molar-refractivity contribution in [2.45, 2.75) is 88.3 Å². The van der Waals surface area contributed by atoms with E-state index in [1.165, 1.54) is 70.0 Å². The summed E-state index contributed by atoms with van der Waals surface area (Å²) in [5.41, 5.74) is 6.32. The van der Waals surface area contributed by atoms with Crippen LogP contribution in [0.1, 0.15) is 83.5 Å². The van der Waals surface area contributed by atoms with Crippen molar-refractivity contribution < 1.29 is 4.92 Å². The van der Waals surface area contributed by atoms with Crippen LogP contribution in [0.4, 0.5) is 0 Å². The van der Waals surface area contributed by atoms with Gasteiger partial charge < -0.3 is 5.73 Å². The summed E-state index contributed by atoms with van der Waals surface area (Å²) >= 11 is 1.96. The number of thioether (sulfide) groups is 1. The first-order valence-corrected chi connectivity index (χ1v) is 9.66. The van der Waals surface area contributed by atoms with Gasteiger partial charge in [-0.25, -0.2) is 0 Å². The molecule has 1 heterocycles. The number of rotatable bonds is 13. The van der Waals surface area contributed by atoms with Crippen LogP contribution in [0.2, 0.25) is 0 Å². The number of hydrogen-bond acceptors (Lipinski definition) is 4. The highest BCUT2D eigenvalue weighted by atomic mass is 32.2. The molecule has 2 N–H and O–H groups in total. The first-order chi connectivity index (χ1) is 10.1. The van der Waals surface area contributed by atoms with Gasteiger partial charge in [-0.1, -0.05) is 51.4 Å². The summed E-state index contributed by atoms with van der Waals surface area (Å²) in [6.07, 6.45) is 15.7. The third-order valence-electron chi connectivity index (χ3n) is 4.32. The van der Waals surface area contributed by atoms with E-state index in [4.69, 9.17) is 5.73 Å². The van der Waals surface area contributed by atoms with Gasteiger partial charge in [0.25, 0.3) is 0 Å². The van der Waals surface area contributed by atoms with E-state index >= 15 is 0 Å². The number of nitro groups is 1. The summed E-state index contributed by atoms with van der Waals surface area (Å²) in [7, 11) is 0. The molecule has 4 nitrogen and oxygen atoms in total. The fourth-order valence-electron chi connectivity index (χ4n) is 3.00. The smallest absolute Gasteiger partial charge is 0.203 e. The van der Waals surface area contributed by atoms with Gasteiger partial charge in [0.2, 0.25) is 6.54 Å². The molecular weight excluding hydrogens is 284 g/mol. The maximum Gasteiger partial charge on any atom is 0.203 e. The van der Waals surface area contributed by atoms with Crippen molar-refractivity contribution in [2.24, 2.45) is 5.73 Å². The molecule has 0 aromatic heterocycles. The fourth-order valence-corrected chi connectivity index (χ4v) is 4.27. The summed E-state index contributed by atoms with van der Waals surface area (Å²) in [5, 5.41) is 10.2. The molecule has 1 saturated heterocycles. The zero-order chi connectivity index (χ0) is 15.4. The second-order valence-electron chi connectivity index (χ2n) is 6.36. The van der Waals surface area contributed by atoms with Gasteiger partial charge in [-0.3, -0.25) is 10.1 Å². The van der Waals surface area contributed by atoms with E-state index in [9.17, 15) is 10.1 Å². The summed E-state index contributed by atoms with van der Waals surface area (Å²) in [5.74, 6) is 1.25. The summed E-state index contributed by atoms with van der Waals surface area (Å²) in [4.78, 5) is 10.0. The van der Waals surface area contributed by atoms with E-state index in [0.29, 0.717) is 0 Å². The van der Waals surface area contributed by atoms with Crippen molar-refractivity contribution in [3.63, 3.8) is 0 Å².